The third-order valence-electron chi connectivity index (χ3n) is 5.34. The van der Waals surface area contributed by atoms with Crippen LogP contribution in [0.15, 0.2) is 76.1 Å². The van der Waals surface area contributed by atoms with Crippen LogP contribution in [0.5, 0.6) is 11.5 Å². The summed E-state index contributed by atoms with van der Waals surface area (Å²) >= 11 is 4.29. The van der Waals surface area contributed by atoms with Crippen LogP contribution in [0, 0.1) is 10.1 Å². The summed E-state index contributed by atoms with van der Waals surface area (Å²) in [5.74, 6) is -0.321. The summed E-state index contributed by atoms with van der Waals surface area (Å²) in [5, 5.41) is 13.1. The maximum atomic E-state index is 12.9. The molecule has 4 rings (SSSR count). The number of nitro benzene ring substituents is 1. The lowest BCUT2D eigenvalue weighted by Crippen LogP contribution is -2.27. The van der Waals surface area contributed by atoms with Gasteiger partial charge < -0.3 is 14.8 Å². The predicted molar refractivity (Wildman–Crippen MR) is 146 cm³/mol. The number of non-ortho nitro benzene ring substituents is 1. The van der Waals surface area contributed by atoms with Gasteiger partial charge in [0, 0.05) is 22.3 Å². The third-order valence-corrected chi connectivity index (χ3v) is 7.03. The zero-order chi connectivity index (χ0) is 27.2. The number of ether oxygens (including phenoxy) is 2. The predicted octanol–water partition coefficient (Wildman–Crippen LogP) is 5.62. The number of nitro groups is 1. The van der Waals surface area contributed by atoms with E-state index in [0.29, 0.717) is 11.3 Å². The molecule has 0 radical (unpaired) electrons. The smallest absolute Gasteiger partial charge is 0.293 e. The van der Waals surface area contributed by atoms with Gasteiger partial charge in [0.2, 0.25) is 0 Å². The molecule has 0 saturated carbocycles. The SMILES string of the molecule is COc1cc(/C=C2\SC(=O)N(Cc3ccccc3Br)C2=O)ccc1OCC(=O)Nc1cccc([N+](=O)[O-])c1. The minimum Gasteiger partial charge on any atom is -0.493 e. The molecule has 194 valence electrons. The molecular weight excluding hydrogens is 578 g/mol. The van der Waals surface area contributed by atoms with E-state index in [0.717, 1.165) is 21.8 Å². The first-order valence-electron chi connectivity index (χ1n) is 11.1. The minimum atomic E-state index is -0.554. The van der Waals surface area contributed by atoms with E-state index in [-0.39, 0.29) is 40.4 Å². The standard InChI is InChI=1S/C26H20BrN3O7S/c1-36-22-11-16(12-23-25(32)29(26(33)38-23)14-17-5-2-3-8-20(17)27)9-10-21(22)37-15-24(31)28-18-6-4-7-19(13-18)30(34)35/h2-13H,14-15H2,1H3,(H,28,31)/b23-12-. The minimum absolute atomic E-state index is 0.147. The summed E-state index contributed by atoms with van der Waals surface area (Å²) < 4.78 is 11.7. The fourth-order valence-electron chi connectivity index (χ4n) is 3.52. The number of nitrogens with one attached hydrogen (secondary N) is 1. The first-order valence-corrected chi connectivity index (χ1v) is 12.7. The number of imide groups is 1. The molecule has 0 spiro atoms. The number of carbonyl (C=O) groups excluding carboxylic acids is 3. The van der Waals surface area contributed by atoms with Gasteiger partial charge in [0.15, 0.2) is 18.1 Å². The molecule has 1 aliphatic heterocycles. The van der Waals surface area contributed by atoms with Crippen LogP contribution in [0.25, 0.3) is 6.08 Å². The molecule has 0 unspecified atom stereocenters. The van der Waals surface area contributed by atoms with Crippen molar-refractivity contribution >= 4 is 62.2 Å². The van der Waals surface area contributed by atoms with Crippen LogP contribution in [0.1, 0.15) is 11.1 Å². The van der Waals surface area contributed by atoms with E-state index < -0.39 is 16.7 Å². The van der Waals surface area contributed by atoms with Crippen molar-refractivity contribution in [1.82, 2.24) is 4.90 Å². The molecule has 0 aliphatic carbocycles. The fourth-order valence-corrected chi connectivity index (χ4v) is 4.76. The molecule has 0 bridgehead atoms. The molecule has 0 atom stereocenters. The zero-order valence-electron chi connectivity index (χ0n) is 19.9. The van der Waals surface area contributed by atoms with Gasteiger partial charge in [-0.1, -0.05) is 46.3 Å². The Kier molecular flexibility index (Phi) is 8.44. The van der Waals surface area contributed by atoms with E-state index in [1.165, 1.54) is 36.3 Å². The molecule has 3 aromatic carbocycles. The van der Waals surface area contributed by atoms with Crippen molar-refractivity contribution < 1.29 is 28.8 Å². The molecule has 38 heavy (non-hydrogen) atoms. The van der Waals surface area contributed by atoms with Crippen molar-refractivity contribution in [1.29, 1.82) is 0 Å². The Bertz CT molecular complexity index is 1460. The molecule has 1 saturated heterocycles. The molecule has 1 fully saturated rings. The summed E-state index contributed by atoms with van der Waals surface area (Å²) in [6.45, 7) is -0.218. The topological polar surface area (TPSA) is 128 Å². The Morgan fingerprint density at radius 2 is 1.89 bits per heavy atom. The number of nitrogens with zero attached hydrogens (tertiary/aromatic N) is 2. The first-order chi connectivity index (χ1) is 18.2. The van der Waals surface area contributed by atoms with Crippen LogP contribution in [0.3, 0.4) is 0 Å². The van der Waals surface area contributed by atoms with E-state index in [4.69, 9.17) is 9.47 Å². The quantitative estimate of drug-likeness (QED) is 0.191. The van der Waals surface area contributed by atoms with Gasteiger partial charge in [-0.2, -0.15) is 0 Å². The van der Waals surface area contributed by atoms with Crippen LogP contribution in [-0.4, -0.2) is 40.6 Å². The highest BCUT2D eigenvalue weighted by Gasteiger charge is 2.35. The van der Waals surface area contributed by atoms with Gasteiger partial charge in [-0.05, 0) is 53.2 Å². The van der Waals surface area contributed by atoms with Crippen LogP contribution in [0.4, 0.5) is 16.2 Å². The second kappa shape index (κ2) is 11.9. The van der Waals surface area contributed by atoms with E-state index in [1.54, 1.807) is 24.3 Å². The van der Waals surface area contributed by atoms with Crippen molar-refractivity contribution in [3.63, 3.8) is 0 Å². The number of anilines is 1. The van der Waals surface area contributed by atoms with Crippen molar-refractivity contribution in [2.45, 2.75) is 6.54 Å². The normalized spacial score (nSPS) is 14.1. The average molecular weight is 598 g/mol. The van der Waals surface area contributed by atoms with Crippen LogP contribution < -0.4 is 14.8 Å². The fraction of sp³-hybridized carbons (Fsp3) is 0.115. The number of hydrogen-bond acceptors (Lipinski definition) is 8. The lowest BCUT2D eigenvalue weighted by molar-refractivity contribution is -0.384. The molecule has 3 amide bonds. The lowest BCUT2D eigenvalue weighted by atomic mass is 10.1. The first kappa shape index (κ1) is 26.9. The largest absolute Gasteiger partial charge is 0.493 e. The molecule has 12 heteroatoms. The van der Waals surface area contributed by atoms with Crippen molar-refractivity contribution in [2.24, 2.45) is 0 Å². The summed E-state index contributed by atoms with van der Waals surface area (Å²) in [5.41, 5.74) is 1.53. The lowest BCUT2D eigenvalue weighted by Gasteiger charge is -2.13. The monoisotopic (exact) mass is 597 g/mol. The Morgan fingerprint density at radius 3 is 2.63 bits per heavy atom. The number of thioether (sulfide) groups is 1. The van der Waals surface area contributed by atoms with Crippen molar-refractivity contribution in [3.8, 4) is 11.5 Å². The van der Waals surface area contributed by atoms with E-state index in [9.17, 15) is 24.5 Å². The third kappa shape index (κ3) is 6.39. The Morgan fingerprint density at radius 1 is 1.11 bits per heavy atom. The number of carbonyl (C=O) groups is 3. The molecule has 1 heterocycles. The second-order valence-electron chi connectivity index (χ2n) is 7.91. The summed E-state index contributed by atoms with van der Waals surface area (Å²) in [4.78, 5) is 49.5. The van der Waals surface area contributed by atoms with E-state index in [2.05, 4.69) is 21.2 Å². The highest BCUT2D eigenvalue weighted by Crippen LogP contribution is 2.36. The number of rotatable bonds is 9. The highest BCUT2D eigenvalue weighted by atomic mass is 79.9. The zero-order valence-corrected chi connectivity index (χ0v) is 22.3. The molecule has 3 aromatic rings. The summed E-state index contributed by atoms with van der Waals surface area (Å²) in [7, 11) is 1.43. The number of benzene rings is 3. The Labute approximate surface area is 229 Å². The number of amides is 3. The van der Waals surface area contributed by atoms with Crippen molar-refractivity contribution in [2.75, 3.05) is 19.0 Å². The molecule has 1 aliphatic rings. The van der Waals surface area contributed by atoms with Crippen LogP contribution in [-0.2, 0) is 16.1 Å². The van der Waals surface area contributed by atoms with Crippen molar-refractivity contribution in [3.05, 3.63) is 97.3 Å². The molecule has 1 N–H and O–H groups in total. The number of methoxy groups -OCH3 is 1. The summed E-state index contributed by atoms with van der Waals surface area (Å²) in [6.07, 6.45) is 1.59. The molecular formula is C26H20BrN3O7S. The second-order valence-corrected chi connectivity index (χ2v) is 9.76. The number of hydrogen-bond donors (Lipinski definition) is 1. The van der Waals surface area contributed by atoms with Crippen LogP contribution in [0.2, 0.25) is 0 Å². The van der Waals surface area contributed by atoms with Gasteiger partial charge in [0.1, 0.15) is 0 Å². The maximum absolute atomic E-state index is 12.9. The Hall–Kier alpha value is -4.16. The highest BCUT2D eigenvalue weighted by molar-refractivity contribution is 9.10. The molecule has 0 aromatic heterocycles. The van der Waals surface area contributed by atoms with Gasteiger partial charge in [-0.15, -0.1) is 0 Å². The van der Waals surface area contributed by atoms with Gasteiger partial charge in [0.05, 0.1) is 23.5 Å². The number of halogens is 1. The van der Waals surface area contributed by atoms with Gasteiger partial charge >= 0.3 is 0 Å². The van der Waals surface area contributed by atoms with Gasteiger partial charge in [-0.25, -0.2) is 0 Å². The van der Waals surface area contributed by atoms with Gasteiger partial charge in [0.25, 0.3) is 22.7 Å². The maximum Gasteiger partial charge on any atom is 0.293 e. The van der Waals surface area contributed by atoms with Gasteiger partial charge in [-0.3, -0.25) is 29.4 Å². The van der Waals surface area contributed by atoms with E-state index >= 15 is 0 Å². The Balaban J connectivity index is 1.41. The molecule has 10 nitrogen and oxygen atoms in total. The summed E-state index contributed by atoms with van der Waals surface area (Å²) in [6, 6.07) is 17.8. The van der Waals surface area contributed by atoms with Crippen LogP contribution >= 0.6 is 27.7 Å². The van der Waals surface area contributed by atoms with E-state index in [1.807, 2.05) is 24.3 Å². The average Bonchev–Trinajstić information content (AvgIpc) is 3.16.